The maximum atomic E-state index is 12.3. The maximum Gasteiger partial charge on any atom is 0.287 e. The number of hydrazine groups is 1. The predicted octanol–water partition coefficient (Wildman–Crippen LogP) is 1.23. The summed E-state index contributed by atoms with van der Waals surface area (Å²) in [6.45, 7) is 3.62. The van der Waals surface area contributed by atoms with Crippen molar-refractivity contribution in [1.29, 1.82) is 0 Å². The monoisotopic (exact) mass is 446 g/mol. The number of nitrogens with one attached hydrogen (secondary N) is 3. The molecule has 0 saturated carbocycles. The smallest absolute Gasteiger partial charge is 0.287 e. The summed E-state index contributed by atoms with van der Waals surface area (Å²) in [4.78, 5) is 40.6. The first-order valence-corrected chi connectivity index (χ1v) is 10.2. The minimum atomic E-state index is -0.604. The van der Waals surface area contributed by atoms with Gasteiger partial charge in [0, 0.05) is 23.4 Å². The average Bonchev–Trinajstić information content (AvgIpc) is 3.46. The van der Waals surface area contributed by atoms with Crippen LogP contribution in [-0.4, -0.2) is 42.5 Å². The molecule has 0 bridgehead atoms. The van der Waals surface area contributed by atoms with Crippen molar-refractivity contribution in [2.45, 2.75) is 26.7 Å². The Bertz CT molecular complexity index is 1360. The molecule has 4 rings (SSSR count). The topological polar surface area (TPSA) is 160 Å². The molecule has 0 unspecified atom stereocenters. The van der Waals surface area contributed by atoms with Gasteiger partial charge in [-0.15, -0.1) is 0 Å². The van der Waals surface area contributed by atoms with Crippen LogP contribution < -0.4 is 16.6 Å². The van der Waals surface area contributed by atoms with Crippen molar-refractivity contribution in [2.75, 3.05) is 0 Å². The molecule has 11 heteroatoms. The van der Waals surface area contributed by atoms with E-state index in [1.165, 1.54) is 10.7 Å². The van der Waals surface area contributed by atoms with Crippen molar-refractivity contribution in [1.82, 2.24) is 35.6 Å². The number of carbonyl (C=O) groups excluding carboxylic acids is 3. The molecule has 0 spiro atoms. The Labute approximate surface area is 188 Å². The molecule has 3 amide bonds. The molecule has 1 aromatic carbocycles. The lowest BCUT2D eigenvalue weighted by molar-refractivity contribution is -0.121. The molecular weight excluding hydrogens is 424 g/mol. The Kier molecular flexibility index (Phi) is 5.85. The highest BCUT2D eigenvalue weighted by atomic mass is 16.2. The van der Waals surface area contributed by atoms with Crippen molar-refractivity contribution in [2.24, 2.45) is 5.73 Å². The second kappa shape index (κ2) is 8.91. The molecule has 0 aliphatic heterocycles. The number of rotatable bonds is 6. The van der Waals surface area contributed by atoms with Crippen molar-refractivity contribution in [3.63, 3.8) is 0 Å². The number of hydrogen-bond acceptors (Lipinski definition) is 6. The Hall–Kier alpha value is -4.54. The molecule has 0 atom stereocenters. The lowest BCUT2D eigenvalue weighted by Crippen LogP contribution is -2.41. The van der Waals surface area contributed by atoms with E-state index in [1.54, 1.807) is 13.0 Å². The number of benzene rings is 1. The number of nitrogens with two attached hydrogens (primary N) is 1. The summed E-state index contributed by atoms with van der Waals surface area (Å²) in [5.74, 6) is -1.49. The largest absolute Gasteiger partial charge is 0.365 e. The van der Waals surface area contributed by atoms with Crippen molar-refractivity contribution >= 4 is 23.4 Å². The molecule has 11 nitrogen and oxygen atoms in total. The quantitative estimate of drug-likeness (QED) is 0.326. The zero-order chi connectivity index (χ0) is 23.5. The van der Waals surface area contributed by atoms with Gasteiger partial charge < -0.3 is 5.73 Å². The summed E-state index contributed by atoms with van der Waals surface area (Å²) < 4.78 is 1.53. The summed E-state index contributed by atoms with van der Waals surface area (Å²) in [7, 11) is 0. The molecule has 0 radical (unpaired) electrons. The minimum absolute atomic E-state index is 0.108. The van der Waals surface area contributed by atoms with E-state index >= 15 is 0 Å². The average molecular weight is 446 g/mol. The molecule has 33 heavy (non-hydrogen) atoms. The van der Waals surface area contributed by atoms with Crippen LogP contribution in [0.15, 0.2) is 42.6 Å². The number of H-pyrrole nitrogens is 1. The van der Waals surface area contributed by atoms with Gasteiger partial charge in [-0.05, 0) is 31.9 Å². The fraction of sp³-hybridized carbons (Fsp3) is 0.182. The number of aromatic nitrogens is 5. The van der Waals surface area contributed by atoms with Crippen LogP contribution in [0.3, 0.4) is 0 Å². The Morgan fingerprint density at radius 2 is 1.88 bits per heavy atom. The van der Waals surface area contributed by atoms with Crippen LogP contribution in [0.2, 0.25) is 0 Å². The van der Waals surface area contributed by atoms with Crippen LogP contribution >= 0.6 is 0 Å². The Morgan fingerprint density at radius 1 is 1.12 bits per heavy atom. The first-order valence-electron chi connectivity index (χ1n) is 10.2. The fourth-order valence-corrected chi connectivity index (χ4v) is 3.54. The van der Waals surface area contributed by atoms with Crippen molar-refractivity contribution in [3.8, 4) is 11.3 Å². The van der Waals surface area contributed by atoms with Gasteiger partial charge >= 0.3 is 0 Å². The normalized spacial score (nSPS) is 10.8. The molecule has 4 aromatic rings. The second-order valence-corrected chi connectivity index (χ2v) is 7.45. The number of fused-ring (bicyclic) bond motifs is 1. The van der Waals surface area contributed by atoms with E-state index in [1.807, 2.05) is 37.3 Å². The van der Waals surface area contributed by atoms with Crippen LogP contribution in [0.1, 0.15) is 44.2 Å². The standard InChI is InChI=1S/C22H22N8O3/c1-12-15(13(2)30-21(25-12)16(11-24-30)20(23)32)8-9-19(31)28-29-22(33)18-10-17(26-27-18)14-6-4-3-5-7-14/h3-7,10-11H,8-9H2,1-2H3,(H2,23,32)(H,26,27)(H,28,31)(H,29,33). The highest BCUT2D eigenvalue weighted by molar-refractivity contribution is 5.98. The summed E-state index contributed by atoms with van der Waals surface area (Å²) in [5.41, 5.74) is 14.7. The van der Waals surface area contributed by atoms with Gasteiger partial charge in [0.1, 0.15) is 11.3 Å². The van der Waals surface area contributed by atoms with Gasteiger partial charge in [0.25, 0.3) is 11.8 Å². The van der Waals surface area contributed by atoms with Gasteiger partial charge in [0.15, 0.2) is 5.65 Å². The van der Waals surface area contributed by atoms with E-state index in [4.69, 9.17) is 5.73 Å². The number of hydrogen-bond donors (Lipinski definition) is 4. The highest BCUT2D eigenvalue weighted by Gasteiger charge is 2.17. The van der Waals surface area contributed by atoms with Gasteiger partial charge in [0.2, 0.25) is 5.91 Å². The van der Waals surface area contributed by atoms with Crippen LogP contribution in [-0.2, 0) is 11.2 Å². The third-order valence-electron chi connectivity index (χ3n) is 5.28. The summed E-state index contributed by atoms with van der Waals surface area (Å²) >= 11 is 0. The number of carbonyl (C=O) groups is 3. The first kappa shape index (κ1) is 21.7. The lowest BCUT2D eigenvalue weighted by atomic mass is 10.1. The summed E-state index contributed by atoms with van der Waals surface area (Å²) in [6, 6.07) is 11.0. The molecule has 0 aliphatic rings. The predicted molar refractivity (Wildman–Crippen MR) is 119 cm³/mol. The maximum absolute atomic E-state index is 12.3. The molecular formula is C22H22N8O3. The van der Waals surface area contributed by atoms with E-state index in [0.717, 1.165) is 16.8 Å². The van der Waals surface area contributed by atoms with Gasteiger partial charge in [-0.25, -0.2) is 9.50 Å². The molecule has 3 heterocycles. The van der Waals surface area contributed by atoms with Gasteiger partial charge in [-0.1, -0.05) is 30.3 Å². The highest BCUT2D eigenvalue weighted by Crippen LogP contribution is 2.19. The molecule has 3 aromatic heterocycles. The zero-order valence-corrected chi connectivity index (χ0v) is 18.0. The Balaban J connectivity index is 1.36. The molecule has 0 saturated heterocycles. The molecule has 0 aliphatic carbocycles. The van der Waals surface area contributed by atoms with Crippen LogP contribution in [0.4, 0.5) is 0 Å². The zero-order valence-electron chi connectivity index (χ0n) is 18.0. The number of aromatic amines is 1. The third-order valence-corrected chi connectivity index (χ3v) is 5.28. The van der Waals surface area contributed by atoms with Crippen molar-refractivity contribution in [3.05, 3.63) is 70.8 Å². The Morgan fingerprint density at radius 3 is 2.61 bits per heavy atom. The van der Waals surface area contributed by atoms with E-state index in [-0.39, 0.29) is 23.6 Å². The third kappa shape index (κ3) is 4.42. The first-order chi connectivity index (χ1) is 15.8. The van der Waals surface area contributed by atoms with E-state index in [0.29, 0.717) is 23.5 Å². The van der Waals surface area contributed by atoms with E-state index in [9.17, 15) is 14.4 Å². The molecule has 168 valence electrons. The fourth-order valence-electron chi connectivity index (χ4n) is 3.54. The number of aryl methyl sites for hydroxylation is 2. The van der Waals surface area contributed by atoms with Crippen LogP contribution in [0.25, 0.3) is 16.9 Å². The van der Waals surface area contributed by atoms with Gasteiger partial charge in [-0.2, -0.15) is 10.2 Å². The van der Waals surface area contributed by atoms with Gasteiger partial charge in [0.05, 0.1) is 11.9 Å². The summed E-state index contributed by atoms with van der Waals surface area (Å²) in [5, 5.41) is 11.0. The molecule has 0 fully saturated rings. The van der Waals surface area contributed by atoms with E-state index < -0.39 is 11.8 Å². The SMILES string of the molecule is Cc1nc2c(C(N)=O)cnn2c(C)c1CCC(=O)NNC(=O)c1cc(-c2ccccc2)n[nH]1. The van der Waals surface area contributed by atoms with Crippen LogP contribution in [0.5, 0.6) is 0 Å². The minimum Gasteiger partial charge on any atom is -0.365 e. The molecule has 5 N–H and O–H groups in total. The van der Waals surface area contributed by atoms with Crippen molar-refractivity contribution < 1.29 is 14.4 Å². The number of amides is 3. The lowest BCUT2D eigenvalue weighted by Gasteiger charge is -2.11. The van der Waals surface area contributed by atoms with E-state index in [2.05, 4.69) is 31.1 Å². The number of primary amides is 1. The summed E-state index contributed by atoms with van der Waals surface area (Å²) in [6.07, 6.45) is 1.86. The van der Waals surface area contributed by atoms with Gasteiger partial charge in [-0.3, -0.25) is 30.3 Å². The number of nitrogens with zero attached hydrogens (tertiary/aromatic N) is 4. The van der Waals surface area contributed by atoms with Crippen LogP contribution in [0, 0.1) is 13.8 Å². The second-order valence-electron chi connectivity index (χ2n) is 7.45.